The van der Waals surface area contributed by atoms with E-state index in [1.165, 1.54) is 0 Å². The van der Waals surface area contributed by atoms with Gasteiger partial charge in [0, 0.05) is 8.95 Å². The zero-order valence-electron chi connectivity index (χ0n) is 11.8. The van der Waals surface area contributed by atoms with Crippen molar-refractivity contribution in [2.75, 3.05) is 0 Å². The molecule has 2 nitrogen and oxygen atoms in total. The van der Waals surface area contributed by atoms with Crippen LogP contribution in [0.4, 0.5) is 0 Å². The lowest BCUT2D eigenvalue weighted by atomic mass is 9.77. The van der Waals surface area contributed by atoms with Crippen molar-refractivity contribution in [3.05, 3.63) is 68.6 Å². The molecule has 0 unspecified atom stereocenters. The molecule has 0 saturated carbocycles. The summed E-state index contributed by atoms with van der Waals surface area (Å²) < 4.78 is 2.10. The van der Waals surface area contributed by atoms with Crippen LogP contribution in [-0.2, 0) is 0 Å². The highest BCUT2D eigenvalue weighted by Crippen LogP contribution is 2.34. The maximum atomic E-state index is 4.46. The van der Waals surface area contributed by atoms with Crippen LogP contribution in [0.5, 0.6) is 0 Å². The molecule has 106 valence electrons. The topological polar surface area (TPSA) is 24.7 Å². The van der Waals surface area contributed by atoms with Gasteiger partial charge < -0.3 is 0 Å². The molecule has 0 radical (unpaired) electrons. The first-order chi connectivity index (χ1) is 9.98. The fourth-order valence-electron chi connectivity index (χ4n) is 2.57. The molecule has 3 rings (SSSR count). The number of hydrogen-bond acceptors (Lipinski definition) is 2. The highest BCUT2D eigenvalue weighted by molar-refractivity contribution is 9.10. The van der Waals surface area contributed by atoms with E-state index in [9.17, 15) is 0 Å². The SMILES string of the molecule is CC1(C)C(c2cccc(Br)c2)=NN=C1c1cccc(Br)c1. The summed E-state index contributed by atoms with van der Waals surface area (Å²) in [5.41, 5.74) is 3.98. The van der Waals surface area contributed by atoms with Crippen molar-refractivity contribution in [3.63, 3.8) is 0 Å². The summed E-state index contributed by atoms with van der Waals surface area (Å²) in [5, 5.41) is 8.91. The van der Waals surface area contributed by atoms with Crippen LogP contribution < -0.4 is 0 Å². The van der Waals surface area contributed by atoms with Gasteiger partial charge in [-0.05, 0) is 49.2 Å². The predicted octanol–water partition coefficient (Wildman–Crippen LogP) is 5.44. The normalized spacial score (nSPS) is 16.6. The molecule has 0 spiro atoms. The number of hydrogen-bond donors (Lipinski definition) is 0. The second-order valence-corrected chi connectivity index (χ2v) is 7.37. The first-order valence-corrected chi connectivity index (χ1v) is 8.25. The van der Waals surface area contributed by atoms with Crippen LogP contribution in [0.3, 0.4) is 0 Å². The molecule has 0 aliphatic carbocycles. The highest BCUT2D eigenvalue weighted by Gasteiger charge is 2.37. The second-order valence-electron chi connectivity index (χ2n) is 5.54. The predicted molar refractivity (Wildman–Crippen MR) is 95.1 cm³/mol. The molecule has 2 aromatic rings. The molecule has 0 amide bonds. The molecule has 0 bridgehead atoms. The standard InChI is InChI=1S/C17H14Br2N2/c1-17(2)15(11-5-3-7-13(18)9-11)20-21-16(17)12-6-4-8-14(19)10-12/h3-10H,1-2H3. The van der Waals surface area contributed by atoms with Crippen molar-refractivity contribution in [2.45, 2.75) is 13.8 Å². The zero-order valence-corrected chi connectivity index (χ0v) is 14.9. The van der Waals surface area contributed by atoms with E-state index >= 15 is 0 Å². The average Bonchev–Trinajstić information content (AvgIpc) is 2.74. The minimum Gasteiger partial charge on any atom is -0.154 e. The quantitative estimate of drug-likeness (QED) is 0.635. The van der Waals surface area contributed by atoms with Crippen molar-refractivity contribution in [1.29, 1.82) is 0 Å². The van der Waals surface area contributed by atoms with Crippen molar-refractivity contribution >= 4 is 43.3 Å². The van der Waals surface area contributed by atoms with Crippen LogP contribution in [0, 0.1) is 5.41 Å². The molecule has 1 heterocycles. The lowest BCUT2D eigenvalue weighted by Gasteiger charge is -2.23. The van der Waals surface area contributed by atoms with E-state index in [1.54, 1.807) is 0 Å². The summed E-state index contributed by atoms with van der Waals surface area (Å²) in [5.74, 6) is 0. The largest absolute Gasteiger partial charge is 0.154 e. The van der Waals surface area contributed by atoms with Crippen molar-refractivity contribution in [3.8, 4) is 0 Å². The van der Waals surface area contributed by atoms with E-state index in [2.05, 4.69) is 80.2 Å². The Bertz CT molecular complexity index is 697. The zero-order chi connectivity index (χ0) is 15.0. The third kappa shape index (κ3) is 2.74. The van der Waals surface area contributed by atoms with Crippen molar-refractivity contribution in [2.24, 2.45) is 15.6 Å². The van der Waals surface area contributed by atoms with Gasteiger partial charge in [-0.25, -0.2) is 0 Å². The van der Waals surface area contributed by atoms with Crippen LogP contribution in [-0.4, -0.2) is 11.4 Å². The monoisotopic (exact) mass is 404 g/mol. The Kier molecular flexibility index (Phi) is 3.84. The Morgan fingerprint density at radius 1 is 0.762 bits per heavy atom. The third-order valence-corrected chi connectivity index (χ3v) is 4.62. The third-order valence-electron chi connectivity index (χ3n) is 3.63. The van der Waals surface area contributed by atoms with E-state index < -0.39 is 0 Å². The summed E-state index contributed by atoms with van der Waals surface area (Å²) in [6, 6.07) is 16.4. The number of rotatable bonds is 2. The molecule has 0 atom stereocenters. The first-order valence-electron chi connectivity index (χ1n) is 6.67. The summed E-state index contributed by atoms with van der Waals surface area (Å²) in [6.07, 6.45) is 0. The fourth-order valence-corrected chi connectivity index (χ4v) is 3.37. The Balaban J connectivity index is 2.00. The molecule has 0 fully saturated rings. The molecule has 0 saturated heterocycles. The van der Waals surface area contributed by atoms with Crippen molar-refractivity contribution < 1.29 is 0 Å². The van der Waals surface area contributed by atoms with Gasteiger partial charge in [-0.3, -0.25) is 0 Å². The molecule has 1 aliphatic heterocycles. The summed E-state index contributed by atoms with van der Waals surface area (Å²) in [6.45, 7) is 4.33. The first kappa shape index (κ1) is 14.7. The van der Waals surface area contributed by atoms with Gasteiger partial charge in [-0.1, -0.05) is 56.1 Å². The maximum Gasteiger partial charge on any atom is 0.0819 e. The second kappa shape index (κ2) is 5.50. The van der Waals surface area contributed by atoms with Gasteiger partial charge in [0.05, 0.1) is 16.8 Å². The molecule has 1 aliphatic rings. The lowest BCUT2D eigenvalue weighted by Crippen LogP contribution is -2.31. The summed E-state index contributed by atoms with van der Waals surface area (Å²) >= 11 is 7.04. The summed E-state index contributed by atoms with van der Waals surface area (Å²) in [4.78, 5) is 0. The van der Waals surface area contributed by atoms with Gasteiger partial charge in [-0.15, -0.1) is 0 Å². The van der Waals surface area contributed by atoms with Crippen LogP contribution in [0.2, 0.25) is 0 Å². The Labute approximate surface area is 141 Å². The highest BCUT2D eigenvalue weighted by atomic mass is 79.9. The van der Waals surface area contributed by atoms with E-state index in [1.807, 2.05) is 24.3 Å². The maximum absolute atomic E-state index is 4.46. The Morgan fingerprint density at radius 2 is 1.19 bits per heavy atom. The van der Waals surface area contributed by atoms with Gasteiger partial charge in [-0.2, -0.15) is 10.2 Å². The van der Waals surface area contributed by atoms with E-state index in [0.29, 0.717) is 0 Å². The number of nitrogens with zero attached hydrogens (tertiary/aromatic N) is 2. The van der Waals surface area contributed by atoms with Gasteiger partial charge in [0.15, 0.2) is 0 Å². The van der Waals surface area contributed by atoms with Crippen molar-refractivity contribution in [1.82, 2.24) is 0 Å². The minimum atomic E-state index is -0.221. The van der Waals surface area contributed by atoms with Crippen LogP contribution in [0.15, 0.2) is 67.7 Å². The van der Waals surface area contributed by atoms with E-state index in [0.717, 1.165) is 31.5 Å². The fraction of sp³-hybridized carbons (Fsp3) is 0.176. The Hall–Kier alpha value is -1.26. The number of halogens is 2. The molecular weight excluding hydrogens is 392 g/mol. The van der Waals surface area contributed by atoms with Gasteiger partial charge in [0.2, 0.25) is 0 Å². The average molecular weight is 406 g/mol. The van der Waals surface area contributed by atoms with Gasteiger partial charge in [0.1, 0.15) is 0 Å². The molecule has 0 N–H and O–H groups in total. The molecule has 4 heteroatoms. The van der Waals surface area contributed by atoms with E-state index in [-0.39, 0.29) is 5.41 Å². The lowest BCUT2D eigenvalue weighted by molar-refractivity contribution is 0.745. The van der Waals surface area contributed by atoms with Crippen LogP contribution in [0.25, 0.3) is 0 Å². The molecule has 21 heavy (non-hydrogen) atoms. The molecule has 2 aromatic carbocycles. The summed E-state index contributed by atoms with van der Waals surface area (Å²) in [7, 11) is 0. The Morgan fingerprint density at radius 3 is 1.57 bits per heavy atom. The van der Waals surface area contributed by atoms with Crippen LogP contribution >= 0.6 is 31.9 Å². The minimum absolute atomic E-state index is 0.221. The van der Waals surface area contributed by atoms with Gasteiger partial charge >= 0.3 is 0 Å². The molecular formula is C17H14Br2N2. The van der Waals surface area contributed by atoms with Gasteiger partial charge in [0.25, 0.3) is 0 Å². The van der Waals surface area contributed by atoms with Crippen LogP contribution in [0.1, 0.15) is 25.0 Å². The number of benzene rings is 2. The smallest absolute Gasteiger partial charge is 0.0819 e. The molecule has 0 aromatic heterocycles. The van der Waals surface area contributed by atoms with E-state index in [4.69, 9.17) is 0 Å².